The van der Waals surface area contributed by atoms with Crippen molar-refractivity contribution in [2.24, 2.45) is 0 Å². The maximum Gasteiger partial charge on any atom is 0.460 e. The van der Waals surface area contributed by atoms with Crippen LogP contribution in [0.5, 0.6) is 0 Å². The Kier molecular flexibility index (Phi) is 6.54. The molecule has 0 bridgehead atoms. The lowest BCUT2D eigenvalue weighted by Gasteiger charge is -2.39. The van der Waals surface area contributed by atoms with E-state index in [1.165, 1.54) is 6.92 Å². The summed E-state index contributed by atoms with van der Waals surface area (Å²) in [5, 5.41) is 0. The van der Waals surface area contributed by atoms with Crippen molar-refractivity contribution < 1.29 is 57.1 Å². The second-order valence-corrected chi connectivity index (χ2v) is 4.96. The highest BCUT2D eigenvalue weighted by Gasteiger charge is 2.90. The van der Waals surface area contributed by atoms with Crippen LogP contribution in [0.4, 0.5) is 57.1 Å². The SMILES string of the molecule is CCCCC=CC(F)(F)C(F)(F)C(F)(F)C(F)(F)C(F)(F)C(F)(F)F. The molecule has 0 saturated carbocycles. The highest BCUT2D eigenvalue weighted by molar-refractivity contribution is 5.15. The smallest absolute Gasteiger partial charge is 0.195 e. The Balaban J connectivity index is 5.99. The van der Waals surface area contributed by atoms with Crippen molar-refractivity contribution >= 4 is 0 Å². The van der Waals surface area contributed by atoms with Crippen LogP contribution in [-0.2, 0) is 0 Å². The lowest BCUT2D eigenvalue weighted by molar-refractivity contribution is -0.436. The lowest BCUT2D eigenvalue weighted by atomic mass is 9.93. The molecule has 0 spiro atoms. The fourth-order valence-corrected chi connectivity index (χ4v) is 1.44. The Bertz CT molecular complexity index is 472. The van der Waals surface area contributed by atoms with Gasteiger partial charge in [-0.05, 0) is 12.5 Å². The summed E-state index contributed by atoms with van der Waals surface area (Å²) in [5.41, 5.74) is 0. The van der Waals surface area contributed by atoms with E-state index in [1.807, 2.05) is 0 Å². The van der Waals surface area contributed by atoms with Crippen LogP contribution in [0.3, 0.4) is 0 Å². The van der Waals surface area contributed by atoms with Crippen LogP contribution in [0, 0.1) is 0 Å². The summed E-state index contributed by atoms with van der Waals surface area (Å²) in [6, 6.07) is 0. The topological polar surface area (TPSA) is 0 Å². The van der Waals surface area contributed by atoms with E-state index in [2.05, 4.69) is 0 Å². The molecular weight excluding hydrogens is 391 g/mol. The molecule has 0 fully saturated rings. The normalized spacial score (nSPS) is 15.9. The number of unbranched alkanes of at least 4 members (excludes halogenated alkanes) is 2. The molecule has 0 saturated heterocycles. The molecular formula is C12H11F13. The van der Waals surface area contributed by atoms with Gasteiger partial charge in [0, 0.05) is 0 Å². The zero-order chi connectivity index (χ0) is 20.5. The van der Waals surface area contributed by atoms with Gasteiger partial charge in [0.05, 0.1) is 0 Å². The van der Waals surface area contributed by atoms with E-state index >= 15 is 0 Å². The van der Waals surface area contributed by atoms with Crippen molar-refractivity contribution in [1.29, 1.82) is 0 Å². The van der Waals surface area contributed by atoms with Crippen molar-refractivity contribution in [3.8, 4) is 0 Å². The highest BCUT2D eigenvalue weighted by Crippen LogP contribution is 2.60. The average Bonchev–Trinajstić information content (AvgIpc) is 2.41. The molecule has 0 rings (SSSR count). The van der Waals surface area contributed by atoms with Gasteiger partial charge in [0.1, 0.15) is 0 Å². The van der Waals surface area contributed by atoms with E-state index in [0.29, 0.717) is 6.42 Å². The van der Waals surface area contributed by atoms with Crippen molar-refractivity contribution in [1.82, 2.24) is 0 Å². The summed E-state index contributed by atoms with van der Waals surface area (Å²) in [5.74, 6) is -36.6. The third-order valence-corrected chi connectivity index (χ3v) is 3.01. The molecule has 0 nitrogen and oxygen atoms in total. The molecule has 150 valence electrons. The maximum absolute atomic E-state index is 13.2. The number of allylic oxidation sites excluding steroid dienone is 2. The Morgan fingerprint density at radius 2 is 1.00 bits per heavy atom. The minimum atomic E-state index is -7.84. The maximum atomic E-state index is 13.2. The Morgan fingerprint density at radius 1 is 0.600 bits per heavy atom. The van der Waals surface area contributed by atoms with Crippen LogP contribution in [0.2, 0.25) is 0 Å². The molecule has 25 heavy (non-hydrogen) atoms. The molecule has 0 unspecified atom stereocenters. The van der Waals surface area contributed by atoms with Gasteiger partial charge in [-0.15, -0.1) is 0 Å². The molecule has 0 N–H and O–H groups in total. The van der Waals surface area contributed by atoms with Crippen molar-refractivity contribution in [2.45, 2.75) is 62.0 Å². The van der Waals surface area contributed by atoms with E-state index in [1.54, 1.807) is 0 Å². The van der Waals surface area contributed by atoms with Gasteiger partial charge in [-0.1, -0.05) is 25.8 Å². The predicted molar refractivity (Wildman–Crippen MR) is 59.5 cm³/mol. The number of hydrogen-bond acceptors (Lipinski definition) is 0. The predicted octanol–water partition coefficient (Wildman–Crippen LogP) is 6.47. The molecule has 0 aliphatic heterocycles. The van der Waals surface area contributed by atoms with Gasteiger partial charge < -0.3 is 0 Å². The first-order chi connectivity index (χ1) is 10.8. The van der Waals surface area contributed by atoms with Crippen LogP contribution < -0.4 is 0 Å². The number of hydrogen-bond donors (Lipinski definition) is 0. The quantitative estimate of drug-likeness (QED) is 0.248. The molecule has 0 aliphatic rings. The monoisotopic (exact) mass is 402 g/mol. The first-order valence-electron chi connectivity index (χ1n) is 6.44. The summed E-state index contributed by atoms with van der Waals surface area (Å²) in [4.78, 5) is 0. The Labute approximate surface area is 132 Å². The zero-order valence-electron chi connectivity index (χ0n) is 12.2. The van der Waals surface area contributed by atoms with Crippen molar-refractivity contribution in [3.63, 3.8) is 0 Å². The summed E-state index contributed by atoms with van der Waals surface area (Å²) in [6.45, 7) is 1.52. The van der Waals surface area contributed by atoms with Crippen LogP contribution >= 0.6 is 0 Å². The number of alkyl halides is 13. The van der Waals surface area contributed by atoms with Gasteiger partial charge in [0.25, 0.3) is 0 Å². The van der Waals surface area contributed by atoms with E-state index in [-0.39, 0.29) is 18.9 Å². The number of halogens is 13. The molecule has 0 radical (unpaired) electrons. The first-order valence-corrected chi connectivity index (χ1v) is 6.44. The number of rotatable bonds is 8. The van der Waals surface area contributed by atoms with Crippen molar-refractivity contribution in [3.05, 3.63) is 12.2 Å². The van der Waals surface area contributed by atoms with Gasteiger partial charge in [0.15, 0.2) is 0 Å². The first kappa shape index (κ1) is 23.8. The van der Waals surface area contributed by atoms with E-state index in [4.69, 9.17) is 0 Å². The molecule has 0 heterocycles. The second-order valence-electron chi connectivity index (χ2n) is 4.96. The molecule has 0 amide bonds. The van der Waals surface area contributed by atoms with E-state index < -0.39 is 41.9 Å². The fourth-order valence-electron chi connectivity index (χ4n) is 1.44. The largest absolute Gasteiger partial charge is 0.460 e. The molecule has 0 aromatic heterocycles. The summed E-state index contributed by atoms with van der Waals surface area (Å²) in [6.07, 6.45) is -8.04. The van der Waals surface area contributed by atoms with E-state index in [0.717, 1.165) is 0 Å². The fraction of sp³-hybridized carbons (Fsp3) is 0.833. The molecule has 0 aliphatic carbocycles. The van der Waals surface area contributed by atoms with Crippen molar-refractivity contribution in [2.75, 3.05) is 0 Å². The second kappa shape index (κ2) is 6.86. The molecule has 0 aromatic carbocycles. The van der Waals surface area contributed by atoms with Gasteiger partial charge in [0.2, 0.25) is 0 Å². The van der Waals surface area contributed by atoms with Gasteiger partial charge in [-0.2, -0.15) is 57.1 Å². The lowest BCUT2D eigenvalue weighted by Crippen LogP contribution is -2.69. The standard InChI is InChI=1S/C12H11F13/c1-2-3-4-5-6-7(13,14)8(15,16)9(17,18)10(19,20)11(21,22)12(23,24)25/h5-6H,2-4H2,1H3. The zero-order valence-corrected chi connectivity index (χ0v) is 12.2. The van der Waals surface area contributed by atoms with Gasteiger partial charge in [-0.25, -0.2) is 0 Å². The third-order valence-electron chi connectivity index (χ3n) is 3.01. The molecule has 13 heteroatoms. The Hall–Kier alpha value is -1.17. The summed E-state index contributed by atoms with van der Waals surface area (Å²) in [7, 11) is 0. The molecule has 0 atom stereocenters. The Morgan fingerprint density at radius 3 is 1.36 bits per heavy atom. The summed E-state index contributed by atoms with van der Waals surface area (Å²) < 4.78 is 165. The minimum Gasteiger partial charge on any atom is -0.195 e. The van der Waals surface area contributed by atoms with Gasteiger partial charge >= 0.3 is 35.8 Å². The van der Waals surface area contributed by atoms with Crippen LogP contribution in [0.15, 0.2) is 12.2 Å². The van der Waals surface area contributed by atoms with Gasteiger partial charge in [-0.3, -0.25) is 0 Å². The molecule has 0 aromatic rings. The summed E-state index contributed by atoms with van der Waals surface area (Å²) >= 11 is 0. The minimum absolute atomic E-state index is 0.108. The van der Waals surface area contributed by atoms with Crippen LogP contribution in [0.1, 0.15) is 26.2 Å². The average molecular weight is 402 g/mol. The van der Waals surface area contributed by atoms with Crippen LogP contribution in [-0.4, -0.2) is 35.8 Å². The van der Waals surface area contributed by atoms with Crippen LogP contribution in [0.25, 0.3) is 0 Å². The third kappa shape index (κ3) is 3.83. The van der Waals surface area contributed by atoms with E-state index in [9.17, 15) is 57.1 Å². The highest BCUT2D eigenvalue weighted by atomic mass is 19.4.